The molecule has 3 fully saturated rings. The van der Waals surface area contributed by atoms with Crippen LogP contribution in [0.5, 0.6) is 0 Å². The summed E-state index contributed by atoms with van der Waals surface area (Å²) >= 11 is 0. The number of piperidine rings is 1. The minimum Gasteiger partial charge on any atom is -0.339 e. The van der Waals surface area contributed by atoms with Crippen molar-refractivity contribution in [3.63, 3.8) is 0 Å². The number of rotatable bonds is 7. The number of hydroxylamine groups is 2. The lowest BCUT2D eigenvalue weighted by Gasteiger charge is -2.44. The standard InChI is InChI=1S/C34H41F3N4O3/c1-25-22-39(31(42)27-8-5-6-9-27)24-33(25,28-10-3-2-4-11-28)44-40-20-16-30(17-21-40)41-19-7-18-38(32(41)43)23-26-12-14-29(15-13-26)34(35,36)37/h2-4,7,10-15,18,25,27,30H,5-6,8-9,16-17,19-24H2,1H3/t25-,33+/m0/s1. The molecule has 0 radical (unpaired) electrons. The molecule has 7 nitrogen and oxygen atoms in total. The smallest absolute Gasteiger partial charge is 0.339 e. The van der Waals surface area contributed by atoms with Crippen molar-refractivity contribution in [2.75, 3.05) is 32.7 Å². The van der Waals surface area contributed by atoms with Gasteiger partial charge in [0, 0.05) is 50.3 Å². The van der Waals surface area contributed by atoms with Crippen LogP contribution in [0.1, 0.15) is 62.1 Å². The van der Waals surface area contributed by atoms with E-state index < -0.39 is 17.3 Å². The maximum atomic E-state index is 13.4. The van der Waals surface area contributed by atoms with Crippen LogP contribution in [0.25, 0.3) is 0 Å². The summed E-state index contributed by atoms with van der Waals surface area (Å²) in [5, 5.41) is 2.02. The van der Waals surface area contributed by atoms with E-state index in [2.05, 4.69) is 19.1 Å². The van der Waals surface area contributed by atoms with Crippen molar-refractivity contribution in [2.45, 2.75) is 69.8 Å². The van der Waals surface area contributed by atoms with Crippen molar-refractivity contribution in [1.29, 1.82) is 0 Å². The third kappa shape index (κ3) is 6.24. The number of halogens is 3. The van der Waals surface area contributed by atoms with Gasteiger partial charge in [-0.05, 0) is 55.0 Å². The number of carbonyl (C=O) groups is 2. The Balaban J connectivity index is 1.09. The molecule has 0 N–H and O–H groups in total. The molecular weight excluding hydrogens is 569 g/mol. The van der Waals surface area contributed by atoms with Gasteiger partial charge in [0.05, 0.1) is 18.7 Å². The van der Waals surface area contributed by atoms with E-state index in [-0.39, 0.29) is 36.4 Å². The van der Waals surface area contributed by atoms with Gasteiger partial charge in [0.15, 0.2) is 0 Å². The molecule has 2 atom stereocenters. The first kappa shape index (κ1) is 30.6. The predicted molar refractivity (Wildman–Crippen MR) is 160 cm³/mol. The van der Waals surface area contributed by atoms with E-state index in [1.165, 1.54) is 12.1 Å². The van der Waals surface area contributed by atoms with Gasteiger partial charge in [0.25, 0.3) is 0 Å². The molecule has 1 aliphatic carbocycles. The van der Waals surface area contributed by atoms with Crippen LogP contribution in [0.4, 0.5) is 18.0 Å². The van der Waals surface area contributed by atoms with Gasteiger partial charge in [-0.15, -0.1) is 0 Å². The van der Waals surface area contributed by atoms with E-state index in [4.69, 9.17) is 4.84 Å². The highest BCUT2D eigenvalue weighted by atomic mass is 19.4. The third-order valence-electron chi connectivity index (χ3n) is 9.86. The second-order valence-electron chi connectivity index (χ2n) is 12.8. The van der Waals surface area contributed by atoms with Gasteiger partial charge in [-0.1, -0.05) is 62.2 Å². The van der Waals surface area contributed by atoms with Crippen LogP contribution in [0.15, 0.2) is 66.9 Å². The zero-order valence-electron chi connectivity index (χ0n) is 25.2. The molecule has 2 aromatic carbocycles. The molecule has 4 aliphatic rings. The Kier molecular flexibility index (Phi) is 8.75. The maximum Gasteiger partial charge on any atom is 0.416 e. The van der Waals surface area contributed by atoms with Crippen molar-refractivity contribution in [2.24, 2.45) is 11.8 Å². The Morgan fingerprint density at radius 2 is 1.66 bits per heavy atom. The fraction of sp³-hybridized carbons (Fsp3) is 0.529. The Morgan fingerprint density at radius 1 is 0.977 bits per heavy atom. The summed E-state index contributed by atoms with van der Waals surface area (Å²) in [7, 11) is 0. The average molecular weight is 611 g/mol. The van der Waals surface area contributed by atoms with Crippen LogP contribution in [-0.2, 0) is 28.0 Å². The number of carbonyl (C=O) groups excluding carboxylic acids is 2. The van der Waals surface area contributed by atoms with E-state index in [1.54, 1.807) is 11.1 Å². The summed E-state index contributed by atoms with van der Waals surface area (Å²) in [4.78, 5) is 39.2. The first-order chi connectivity index (χ1) is 21.1. The monoisotopic (exact) mass is 610 g/mol. The lowest BCUT2D eigenvalue weighted by molar-refractivity contribution is -0.268. The largest absolute Gasteiger partial charge is 0.416 e. The Morgan fingerprint density at radius 3 is 2.32 bits per heavy atom. The topological polar surface area (TPSA) is 56.3 Å². The number of alkyl halides is 3. The normalized spacial score (nSPS) is 25.8. The molecule has 6 rings (SSSR count). The minimum absolute atomic E-state index is 0.0246. The summed E-state index contributed by atoms with van der Waals surface area (Å²) in [6.07, 6.45) is 4.92. The molecule has 3 amide bonds. The molecule has 0 bridgehead atoms. The maximum absolute atomic E-state index is 13.4. The number of likely N-dealkylation sites (tertiary alicyclic amines) is 1. The van der Waals surface area contributed by atoms with E-state index >= 15 is 0 Å². The fourth-order valence-electron chi connectivity index (χ4n) is 7.34. The van der Waals surface area contributed by atoms with Crippen LogP contribution in [0.2, 0.25) is 0 Å². The van der Waals surface area contributed by atoms with Gasteiger partial charge >= 0.3 is 12.2 Å². The summed E-state index contributed by atoms with van der Waals surface area (Å²) in [5.74, 6) is 0.493. The highest BCUT2D eigenvalue weighted by Crippen LogP contribution is 2.43. The number of nitrogens with zero attached hydrogens (tertiary/aromatic N) is 4. The number of urea groups is 1. The number of benzene rings is 2. The highest BCUT2D eigenvalue weighted by molar-refractivity contribution is 5.79. The molecular formula is C34H41F3N4O3. The predicted octanol–water partition coefficient (Wildman–Crippen LogP) is 6.42. The van der Waals surface area contributed by atoms with Crippen molar-refractivity contribution in [1.82, 2.24) is 19.8 Å². The molecule has 44 heavy (non-hydrogen) atoms. The number of amides is 3. The molecule has 3 heterocycles. The van der Waals surface area contributed by atoms with E-state index in [0.29, 0.717) is 38.3 Å². The highest BCUT2D eigenvalue weighted by Gasteiger charge is 2.51. The average Bonchev–Trinajstić information content (AvgIpc) is 3.68. The zero-order valence-corrected chi connectivity index (χ0v) is 25.2. The minimum atomic E-state index is -4.39. The van der Waals surface area contributed by atoms with Gasteiger partial charge in [-0.25, -0.2) is 4.79 Å². The third-order valence-corrected chi connectivity index (χ3v) is 9.86. The van der Waals surface area contributed by atoms with Gasteiger partial charge < -0.3 is 9.80 Å². The second kappa shape index (κ2) is 12.6. The van der Waals surface area contributed by atoms with E-state index in [1.807, 2.05) is 39.1 Å². The molecule has 0 spiro atoms. The number of hydrogen-bond donors (Lipinski definition) is 0. The summed E-state index contributed by atoms with van der Waals surface area (Å²) < 4.78 is 38.9. The molecule has 10 heteroatoms. The fourth-order valence-corrected chi connectivity index (χ4v) is 7.34. The van der Waals surface area contributed by atoms with Gasteiger partial charge in [0.2, 0.25) is 5.91 Å². The van der Waals surface area contributed by atoms with Crippen LogP contribution >= 0.6 is 0 Å². The van der Waals surface area contributed by atoms with Crippen LogP contribution in [0, 0.1) is 11.8 Å². The first-order valence-corrected chi connectivity index (χ1v) is 15.8. The van der Waals surface area contributed by atoms with E-state index in [9.17, 15) is 22.8 Å². The molecule has 2 aromatic rings. The Bertz CT molecular complexity index is 1340. The summed E-state index contributed by atoms with van der Waals surface area (Å²) in [6, 6.07) is 15.1. The molecule has 236 valence electrons. The van der Waals surface area contributed by atoms with Crippen LogP contribution in [0.3, 0.4) is 0 Å². The molecule has 3 aliphatic heterocycles. The second-order valence-corrected chi connectivity index (χ2v) is 12.8. The summed E-state index contributed by atoms with van der Waals surface area (Å²) in [6.45, 7) is 5.37. The van der Waals surface area contributed by atoms with Crippen LogP contribution in [-0.4, -0.2) is 70.5 Å². The van der Waals surface area contributed by atoms with Crippen molar-refractivity contribution < 1.29 is 27.6 Å². The van der Waals surface area contributed by atoms with E-state index in [0.717, 1.165) is 56.2 Å². The molecule has 0 aromatic heterocycles. The quantitative estimate of drug-likeness (QED) is 0.363. The molecule has 0 unspecified atom stereocenters. The lowest BCUT2D eigenvalue weighted by atomic mass is 9.85. The first-order valence-electron chi connectivity index (χ1n) is 15.8. The Labute approximate surface area is 257 Å². The van der Waals surface area contributed by atoms with Gasteiger partial charge in [-0.2, -0.15) is 18.2 Å². The SMILES string of the molecule is C[C@H]1CN(C(=O)C2CCCC2)C[C@]1(ON1CCC(N2CC=CN(Cc3ccc(C(F)(F)F)cc3)C2=O)CC1)c1ccccc1. The molecule has 1 saturated carbocycles. The van der Waals surface area contributed by atoms with Gasteiger partial charge in [0.1, 0.15) is 5.60 Å². The molecule has 2 saturated heterocycles. The summed E-state index contributed by atoms with van der Waals surface area (Å²) in [5.41, 5.74) is 0.376. The Hall–Kier alpha value is -3.37. The number of hydrogen-bond acceptors (Lipinski definition) is 4. The zero-order chi connectivity index (χ0) is 30.9. The van der Waals surface area contributed by atoms with Crippen molar-refractivity contribution in [3.8, 4) is 0 Å². The van der Waals surface area contributed by atoms with Crippen molar-refractivity contribution >= 4 is 11.9 Å². The lowest BCUT2D eigenvalue weighted by Crippen LogP contribution is -2.54. The van der Waals surface area contributed by atoms with Crippen molar-refractivity contribution in [3.05, 3.63) is 83.6 Å². The van der Waals surface area contributed by atoms with Crippen LogP contribution < -0.4 is 0 Å². The van der Waals surface area contributed by atoms with Gasteiger partial charge in [-0.3, -0.25) is 14.5 Å².